The zero-order chi connectivity index (χ0) is 21.2. The van der Waals surface area contributed by atoms with Crippen molar-refractivity contribution in [2.24, 2.45) is 0 Å². The highest BCUT2D eigenvalue weighted by Gasteiger charge is 2.18. The Balaban J connectivity index is 1.86. The van der Waals surface area contributed by atoms with Crippen molar-refractivity contribution in [3.8, 4) is 0 Å². The van der Waals surface area contributed by atoms with E-state index < -0.39 is 10.0 Å². The molecule has 7 heteroatoms. The van der Waals surface area contributed by atoms with Crippen molar-refractivity contribution in [3.63, 3.8) is 0 Å². The van der Waals surface area contributed by atoms with Crippen LogP contribution in [0.1, 0.15) is 27.0 Å². The maximum Gasteiger partial charge on any atom is 0.261 e. The van der Waals surface area contributed by atoms with E-state index in [9.17, 15) is 13.2 Å². The van der Waals surface area contributed by atoms with Crippen molar-refractivity contribution in [1.82, 2.24) is 0 Å². The number of anilines is 2. The molecule has 150 valence electrons. The van der Waals surface area contributed by atoms with Gasteiger partial charge in [-0.2, -0.15) is 0 Å². The molecule has 0 heterocycles. The van der Waals surface area contributed by atoms with E-state index in [1.54, 1.807) is 24.3 Å². The van der Waals surface area contributed by atoms with Crippen molar-refractivity contribution in [3.05, 3.63) is 87.4 Å². The molecule has 3 aromatic rings. The van der Waals surface area contributed by atoms with Gasteiger partial charge in [-0.15, -0.1) is 0 Å². The zero-order valence-electron chi connectivity index (χ0n) is 16.3. The molecule has 0 bridgehead atoms. The third-order valence-corrected chi connectivity index (χ3v) is 6.46. The fourth-order valence-corrected chi connectivity index (χ4v) is 4.47. The van der Waals surface area contributed by atoms with Gasteiger partial charge in [-0.25, -0.2) is 8.42 Å². The van der Waals surface area contributed by atoms with Crippen LogP contribution in [0.2, 0.25) is 0 Å². The molecule has 29 heavy (non-hydrogen) atoms. The van der Waals surface area contributed by atoms with Crippen LogP contribution in [0.4, 0.5) is 11.4 Å². The number of rotatable bonds is 5. The van der Waals surface area contributed by atoms with Gasteiger partial charge in [0.25, 0.3) is 15.9 Å². The summed E-state index contributed by atoms with van der Waals surface area (Å²) in [5.74, 6) is -0.370. The predicted octanol–water partition coefficient (Wildman–Crippen LogP) is 5.43. The van der Waals surface area contributed by atoms with E-state index in [0.29, 0.717) is 15.8 Å². The number of carbonyl (C=O) groups excluding carboxylic acids is 1. The van der Waals surface area contributed by atoms with Crippen LogP contribution in [0.15, 0.2) is 70.0 Å². The Morgan fingerprint density at radius 1 is 0.862 bits per heavy atom. The van der Waals surface area contributed by atoms with Gasteiger partial charge in [-0.05, 0) is 84.2 Å². The van der Waals surface area contributed by atoms with Gasteiger partial charge in [-0.1, -0.05) is 29.8 Å². The van der Waals surface area contributed by atoms with Crippen LogP contribution in [0.3, 0.4) is 0 Å². The van der Waals surface area contributed by atoms with Crippen LogP contribution in [-0.2, 0) is 10.0 Å². The number of hydrogen-bond donors (Lipinski definition) is 2. The normalized spacial score (nSPS) is 11.2. The molecular formula is C22H21BrN2O3S. The highest BCUT2D eigenvalue weighted by atomic mass is 79.9. The van der Waals surface area contributed by atoms with E-state index >= 15 is 0 Å². The van der Waals surface area contributed by atoms with Gasteiger partial charge in [0, 0.05) is 15.7 Å². The summed E-state index contributed by atoms with van der Waals surface area (Å²) in [4.78, 5) is 12.7. The molecular weight excluding hydrogens is 452 g/mol. The van der Waals surface area contributed by atoms with Gasteiger partial charge >= 0.3 is 0 Å². The van der Waals surface area contributed by atoms with Gasteiger partial charge in [0.15, 0.2) is 0 Å². The Morgan fingerprint density at radius 2 is 1.55 bits per heavy atom. The maximum absolute atomic E-state index is 12.8. The summed E-state index contributed by atoms with van der Waals surface area (Å²) in [7, 11) is -3.86. The first kappa shape index (κ1) is 21.1. The van der Waals surface area contributed by atoms with E-state index in [1.807, 2.05) is 45.0 Å². The minimum Gasteiger partial charge on any atom is -0.322 e. The number of nitrogens with one attached hydrogen (secondary N) is 2. The minimum absolute atomic E-state index is 0.0131. The van der Waals surface area contributed by atoms with E-state index in [0.717, 1.165) is 16.7 Å². The summed E-state index contributed by atoms with van der Waals surface area (Å²) in [6.07, 6.45) is 0. The lowest BCUT2D eigenvalue weighted by Gasteiger charge is -2.12. The molecule has 0 spiro atoms. The smallest absolute Gasteiger partial charge is 0.261 e. The quantitative estimate of drug-likeness (QED) is 0.519. The van der Waals surface area contributed by atoms with Crippen LogP contribution in [0.25, 0.3) is 0 Å². The van der Waals surface area contributed by atoms with Crippen molar-refractivity contribution in [1.29, 1.82) is 0 Å². The topological polar surface area (TPSA) is 75.3 Å². The maximum atomic E-state index is 12.8. The molecule has 0 saturated heterocycles. The minimum atomic E-state index is -3.86. The van der Waals surface area contributed by atoms with Gasteiger partial charge in [0.1, 0.15) is 0 Å². The highest BCUT2D eigenvalue weighted by molar-refractivity contribution is 9.10. The number of aryl methyl sites for hydroxylation is 3. The van der Waals surface area contributed by atoms with Gasteiger partial charge in [0.2, 0.25) is 0 Å². The second-order valence-corrected chi connectivity index (χ2v) is 9.43. The Labute approximate surface area is 179 Å². The average Bonchev–Trinajstić information content (AvgIpc) is 2.67. The predicted molar refractivity (Wildman–Crippen MR) is 120 cm³/mol. The molecule has 0 aliphatic heterocycles. The summed E-state index contributed by atoms with van der Waals surface area (Å²) < 4.78 is 28.9. The third-order valence-electron chi connectivity index (χ3n) is 4.40. The Morgan fingerprint density at radius 3 is 2.28 bits per heavy atom. The van der Waals surface area contributed by atoms with Crippen molar-refractivity contribution < 1.29 is 13.2 Å². The van der Waals surface area contributed by atoms with E-state index in [4.69, 9.17) is 0 Å². The van der Waals surface area contributed by atoms with Crippen LogP contribution in [0, 0.1) is 20.8 Å². The Kier molecular flexibility index (Phi) is 6.10. The average molecular weight is 473 g/mol. The van der Waals surface area contributed by atoms with E-state index in [1.165, 1.54) is 12.1 Å². The monoisotopic (exact) mass is 472 g/mol. The van der Waals surface area contributed by atoms with Crippen LogP contribution in [0.5, 0.6) is 0 Å². The van der Waals surface area contributed by atoms with Crippen molar-refractivity contribution in [2.75, 3.05) is 10.0 Å². The molecule has 0 aromatic heterocycles. The summed E-state index contributed by atoms with van der Waals surface area (Å²) in [5, 5.41) is 2.84. The molecule has 0 saturated carbocycles. The Hall–Kier alpha value is -2.64. The molecule has 1 amide bonds. The molecule has 0 radical (unpaired) electrons. The van der Waals surface area contributed by atoms with E-state index in [2.05, 4.69) is 26.0 Å². The highest BCUT2D eigenvalue weighted by Crippen LogP contribution is 2.26. The molecule has 3 aromatic carbocycles. The molecule has 0 aliphatic carbocycles. The van der Waals surface area contributed by atoms with Crippen molar-refractivity contribution in [2.45, 2.75) is 25.7 Å². The molecule has 0 atom stereocenters. The summed E-state index contributed by atoms with van der Waals surface area (Å²) >= 11 is 3.35. The fraction of sp³-hybridized carbons (Fsp3) is 0.136. The first-order valence-corrected chi connectivity index (χ1v) is 11.2. The summed E-state index contributed by atoms with van der Waals surface area (Å²) in [6.45, 7) is 5.77. The first-order chi connectivity index (χ1) is 13.7. The second-order valence-electron chi connectivity index (χ2n) is 6.89. The number of carbonyl (C=O) groups is 1. The number of amides is 1. The lowest BCUT2D eigenvalue weighted by atomic mass is 10.1. The van der Waals surface area contributed by atoms with Gasteiger partial charge in [0.05, 0.1) is 10.6 Å². The summed E-state index contributed by atoms with van der Waals surface area (Å²) in [5.41, 5.74) is 4.35. The molecule has 0 unspecified atom stereocenters. The molecule has 2 N–H and O–H groups in total. The summed E-state index contributed by atoms with van der Waals surface area (Å²) in [6, 6.07) is 17.1. The fourth-order valence-electron chi connectivity index (χ4n) is 2.87. The molecule has 3 rings (SSSR count). The van der Waals surface area contributed by atoms with Crippen LogP contribution in [-0.4, -0.2) is 14.3 Å². The second kappa shape index (κ2) is 8.39. The SMILES string of the molecule is Cc1ccc(NC(=O)c2cccc(S(=O)(=O)Nc3cc(C)ccc3Br)c2)c(C)c1. The molecule has 5 nitrogen and oxygen atoms in total. The van der Waals surface area contributed by atoms with Crippen molar-refractivity contribution >= 4 is 43.2 Å². The zero-order valence-corrected chi connectivity index (χ0v) is 18.7. The number of benzene rings is 3. The first-order valence-electron chi connectivity index (χ1n) is 8.93. The molecule has 0 aliphatic rings. The standard InChI is InChI=1S/C22H21BrN2O3S/c1-14-8-10-20(16(3)11-14)24-22(26)17-5-4-6-18(13-17)29(27,28)25-21-12-15(2)7-9-19(21)23/h4-13,25H,1-3H3,(H,24,26). The van der Waals surface area contributed by atoms with Crippen LogP contribution >= 0.6 is 15.9 Å². The number of halogens is 1. The Bertz CT molecular complexity index is 1190. The number of hydrogen-bond acceptors (Lipinski definition) is 3. The van der Waals surface area contributed by atoms with Gasteiger partial charge < -0.3 is 5.32 Å². The molecule has 0 fully saturated rings. The lowest BCUT2D eigenvalue weighted by Crippen LogP contribution is -2.16. The van der Waals surface area contributed by atoms with Gasteiger partial charge in [-0.3, -0.25) is 9.52 Å². The lowest BCUT2D eigenvalue weighted by molar-refractivity contribution is 0.102. The van der Waals surface area contributed by atoms with Crippen LogP contribution < -0.4 is 10.0 Å². The number of sulfonamides is 1. The largest absolute Gasteiger partial charge is 0.322 e. The van der Waals surface area contributed by atoms with E-state index in [-0.39, 0.29) is 16.4 Å². The third kappa shape index (κ3) is 5.05.